The fourth-order valence-corrected chi connectivity index (χ4v) is 3.75. The van der Waals surface area contributed by atoms with Gasteiger partial charge in [0.15, 0.2) is 0 Å². The zero-order valence-corrected chi connectivity index (χ0v) is 14.0. The molecule has 0 radical (unpaired) electrons. The standard InChI is InChI=1S/C16H26N2O2S/c1-13-6-8-16(9-7-13)14(2)17-11-15-5-4-10-18(12-15)21(3,19)20/h6-9,14-15,17H,4-5,10-12H2,1-3H3. The van der Waals surface area contributed by atoms with Crippen LogP contribution in [-0.2, 0) is 10.0 Å². The van der Waals surface area contributed by atoms with E-state index in [2.05, 4.69) is 43.4 Å². The van der Waals surface area contributed by atoms with E-state index in [4.69, 9.17) is 0 Å². The third kappa shape index (κ3) is 4.80. The highest BCUT2D eigenvalue weighted by Crippen LogP contribution is 2.19. The largest absolute Gasteiger partial charge is 0.310 e. The Bertz CT molecular complexity index is 554. The third-order valence-electron chi connectivity index (χ3n) is 4.24. The van der Waals surface area contributed by atoms with Crippen LogP contribution in [0.1, 0.15) is 36.9 Å². The number of hydrogen-bond acceptors (Lipinski definition) is 3. The molecular weight excluding hydrogens is 284 g/mol. The molecule has 1 aromatic carbocycles. The average Bonchev–Trinajstić information content (AvgIpc) is 2.45. The molecule has 0 aromatic heterocycles. The van der Waals surface area contributed by atoms with E-state index in [-0.39, 0.29) is 0 Å². The van der Waals surface area contributed by atoms with Crippen molar-refractivity contribution in [3.63, 3.8) is 0 Å². The molecule has 21 heavy (non-hydrogen) atoms. The van der Waals surface area contributed by atoms with E-state index in [0.29, 0.717) is 25.0 Å². The fraction of sp³-hybridized carbons (Fsp3) is 0.625. The SMILES string of the molecule is Cc1ccc(C(C)NCC2CCCN(S(C)(=O)=O)C2)cc1. The first-order chi connectivity index (χ1) is 9.86. The molecule has 0 bridgehead atoms. The molecule has 4 nitrogen and oxygen atoms in total. The van der Waals surface area contributed by atoms with Crippen molar-refractivity contribution in [2.45, 2.75) is 32.7 Å². The van der Waals surface area contributed by atoms with Gasteiger partial charge in [-0.25, -0.2) is 12.7 Å². The van der Waals surface area contributed by atoms with Gasteiger partial charge in [0.25, 0.3) is 0 Å². The second-order valence-corrected chi connectivity index (χ2v) is 8.15. The van der Waals surface area contributed by atoms with Crippen LogP contribution in [0.4, 0.5) is 0 Å². The number of rotatable bonds is 5. The van der Waals surface area contributed by atoms with Gasteiger partial charge in [0.2, 0.25) is 10.0 Å². The van der Waals surface area contributed by atoms with Crippen molar-refractivity contribution in [3.8, 4) is 0 Å². The summed E-state index contributed by atoms with van der Waals surface area (Å²) in [5.74, 6) is 0.404. The summed E-state index contributed by atoms with van der Waals surface area (Å²) in [7, 11) is -3.05. The van der Waals surface area contributed by atoms with Gasteiger partial charge in [-0.15, -0.1) is 0 Å². The number of nitrogens with zero attached hydrogens (tertiary/aromatic N) is 1. The lowest BCUT2D eigenvalue weighted by molar-refractivity contribution is 0.257. The first-order valence-corrected chi connectivity index (χ1v) is 9.46. The molecule has 2 unspecified atom stereocenters. The molecule has 2 atom stereocenters. The maximum Gasteiger partial charge on any atom is 0.211 e. The summed E-state index contributed by atoms with van der Waals surface area (Å²) in [6.07, 6.45) is 3.36. The van der Waals surface area contributed by atoms with E-state index in [1.807, 2.05) is 0 Å². The van der Waals surface area contributed by atoms with Crippen molar-refractivity contribution < 1.29 is 8.42 Å². The summed E-state index contributed by atoms with van der Waals surface area (Å²) in [6.45, 7) is 6.42. The van der Waals surface area contributed by atoms with Crippen molar-refractivity contribution in [1.29, 1.82) is 0 Å². The number of piperidine rings is 1. The lowest BCUT2D eigenvalue weighted by Crippen LogP contribution is -2.42. The number of benzene rings is 1. The lowest BCUT2D eigenvalue weighted by Gasteiger charge is -2.31. The molecule has 0 aliphatic carbocycles. The summed E-state index contributed by atoms with van der Waals surface area (Å²) in [4.78, 5) is 0. The van der Waals surface area contributed by atoms with Crippen LogP contribution in [0.25, 0.3) is 0 Å². The highest BCUT2D eigenvalue weighted by atomic mass is 32.2. The topological polar surface area (TPSA) is 49.4 Å². The average molecular weight is 310 g/mol. The van der Waals surface area contributed by atoms with Gasteiger partial charge in [-0.1, -0.05) is 29.8 Å². The van der Waals surface area contributed by atoms with E-state index in [0.717, 1.165) is 19.4 Å². The highest BCUT2D eigenvalue weighted by Gasteiger charge is 2.25. The van der Waals surface area contributed by atoms with Crippen molar-refractivity contribution in [2.75, 3.05) is 25.9 Å². The maximum atomic E-state index is 11.6. The van der Waals surface area contributed by atoms with Crippen LogP contribution in [0.2, 0.25) is 0 Å². The van der Waals surface area contributed by atoms with Gasteiger partial charge in [0.05, 0.1) is 6.26 Å². The van der Waals surface area contributed by atoms with Crippen LogP contribution < -0.4 is 5.32 Å². The first-order valence-electron chi connectivity index (χ1n) is 7.61. The quantitative estimate of drug-likeness (QED) is 0.908. The molecule has 1 aliphatic rings. The fourth-order valence-electron chi connectivity index (χ4n) is 2.81. The Morgan fingerprint density at radius 1 is 1.33 bits per heavy atom. The predicted octanol–water partition coefficient (Wildman–Crippen LogP) is 2.32. The van der Waals surface area contributed by atoms with E-state index in [1.165, 1.54) is 17.4 Å². The Morgan fingerprint density at radius 2 is 2.00 bits per heavy atom. The molecule has 0 spiro atoms. The monoisotopic (exact) mass is 310 g/mol. The minimum Gasteiger partial charge on any atom is -0.310 e. The Hall–Kier alpha value is -0.910. The summed E-state index contributed by atoms with van der Waals surface area (Å²) < 4.78 is 24.9. The van der Waals surface area contributed by atoms with Crippen LogP contribution in [0, 0.1) is 12.8 Å². The zero-order chi connectivity index (χ0) is 15.5. The lowest BCUT2D eigenvalue weighted by atomic mass is 9.98. The number of sulfonamides is 1. The molecule has 5 heteroatoms. The van der Waals surface area contributed by atoms with Gasteiger partial charge in [0, 0.05) is 19.1 Å². The van der Waals surface area contributed by atoms with Gasteiger partial charge in [-0.3, -0.25) is 0 Å². The Labute approximate surface area is 128 Å². The van der Waals surface area contributed by atoms with Gasteiger partial charge < -0.3 is 5.32 Å². The summed E-state index contributed by atoms with van der Waals surface area (Å²) in [5.41, 5.74) is 2.54. The van der Waals surface area contributed by atoms with Crippen molar-refractivity contribution >= 4 is 10.0 Å². The maximum absolute atomic E-state index is 11.6. The minimum atomic E-state index is -3.05. The highest BCUT2D eigenvalue weighted by molar-refractivity contribution is 7.88. The molecule has 0 amide bonds. The van der Waals surface area contributed by atoms with Crippen LogP contribution >= 0.6 is 0 Å². The third-order valence-corrected chi connectivity index (χ3v) is 5.51. The van der Waals surface area contributed by atoms with E-state index in [9.17, 15) is 8.42 Å². The smallest absolute Gasteiger partial charge is 0.211 e. The Kier molecular flexibility index (Phi) is 5.41. The Morgan fingerprint density at radius 3 is 2.62 bits per heavy atom. The number of aryl methyl sites for hydroxylation is 1. The van der Waals surface area contributed by atoms with Gasteiger partial charge in [-0.2, -0.15) is 0 Å². The van der Waals surface area contributed by atoms with E-state index < -0.39 is 10.0 Å². The summed E-state index contributed by atoms with van der Waals surface area (Å²) in [5, 5.41) is 3.54. The molecular formula is C16H26N2O2S. The van der Waals surface area contributed by atoms with Crippen LogP contribution in [0.3, 0.4) is 0 Å². The molecule has 0 saturated carbocycles. The molecule has 118 valence electrons. The summed E-state index contributed by atoms with van der Waals surface area (Å²) in [6, 6.07) is 8.84. The van der Waals surface area contributed by atoms with Crippen molar-refractivity contribution in [1.82, 2.24) is 9.62 Å². The summed E-state index contributed by atoms with van der Waals surface area (Å²) >= 11 is 0. The first kappa shape index (κ1) is 16.5. The van der Waals surface area contributed by atoms with Gasteiger partial charge >= 0.3 is 0 Å². The van der Waals surface area contributed by atoms with E-state index >= 15 is 0 Å². The van der Waals surface area contributed by atoms with Crippen molar-refractivity contribution in [2.24, 2.45) is 5.92 Å². The molecule has 2 rings (SSSR count). The van der Waals surface area contributed by atoms with Crippen LogP contribution in [0.5, 0.6) is 0 Å². The van der Waals surface area contributed by atoms with Gasteiger partial charge in [0.1, 0.15) is 0 Å². The van der Waals surface area contributed by atoms with Crippen LogP contribution in [-0.4, -0.2) is 38.6 Å². The van der Waals surface area contributed by atoms with E-state index in [1.54, 1.807) is 4.31 Å². The molecule has 1 aromatic rings. The van der Waals surface area contributed by atoms with Gasteiger partial charge in [-0.05, 0) is 44.7 Å². The number of nitrogens with one attached hydrogen (secondary N) is 1. The minimum absolute atomic E-state index is 0.291. The zero-order valence-electron chi connectivity index (χ0n) is 13.2. The molecule has 1 N–H and O–H groups in total. The number of hydrogen-bond donors (Lipinski definition) is 1. The molecule has 1 heterocycles. The van der Waals surface area contributed by atoms with Crippen molar-refractivity contribution in [3.05, 3.63) is 35.4 Å². The molecule has 1 saturated heterocycles. The molecule has 1 aliphatic heterocycles. The predicted molar refractivity (Wildman–Crippen MR) is 86.7 cm³/mol. The second-order valence-electron chi connectivity index (χ2n) is 6.17. The van der Waals surface area contributed by atoms with Crippen LogP contribution in [0.15, 0.2) is 24.3 Å². The normalized spacial score (nSPS) is 22.1. The second kappa shape index (κ2) is 6.90. The Balaban J connectivity index is 1.86. The molecule has 1 fully saturated rings.